The van der Waals surface area contributed by atoms with Crippen LogP contribution in [-0.2, 0) is 13.0 Å². The summed E-state index contributed by atoms with van der Waals surface area (Å²) in [5, 5.41) is 0. The number of carbonyl (C=O) groups is 1. The topological polar surface area (TPSA) is 45.7 Å². The van der Waals surface area contributed by atoms with Crippen LogP contribution in [0.15, 0.2) is 67.0 Å². The van der Waals surface area contributed by atoms with E-state index in [-0.39, 0.29) is 17.4 Å². The van der Waals surface area contributed by atoms with Gasteiger partial charge in [0.1, 0.15) is 11.4 Å². The van der Waals surface area contributed by atoms with Gasteiger partial charge in [-0.25, -0.2) is 0 Å². The minimum Gasteiger partial charge on any atom is -0.487 e. The van der Waals surface area contributed by atoms with Crippen LogP contribution in [0.25, 0.3) is 0 Å². The molecule has 2 aromatic carbocycles. The summed E-state index contributed by atoms with van der Waals surface area (Å²) >= 11 is 0. The van der Waals surface area contributed by atoms with Crippen molar-refractivity contribution in [2.24, 2.45) is 0 Å². The molecule has 1 fully saturated rings. The number of benzene rings is 2. The number of ether oxygens (including phenoxy) is 1. The molecule has 0 amide bonds. The SMILES string of the molecule is CC(=O)c1ccc(C(c2cccc3c2OC(C)(C)C3)N2CCN(Cc3cccnc3)CC2)cc1. The Morgan fingerprint density at radius 3 is 2.47 bits per heavy atom. The van der Waals surface area contributed by atoms with Gasteiger partial charge >= 0.3 is 0 Å². The first kappa shape index (κ1) is 22.8. The van der Waals surface area contributed by atoms with Crippen LogP contribution in [-0.4, -0.2) is 52.3 Å². The predicted octanol–water partition coefficient (Wildman–Crippen LogP) is 4.90. The van der Waals surface area contributed by atoms with E-state index in [1.54, 1.807) is 6.92 Å². The average molecular weight is 456 g/mol. The van der Waals surface area contributed by atoms with Crippen molar-refractivity contribution >= 4 is 5.78 Å². The molecule has 5 heteroatoms. The van der Waals surface area contributed by atoms with Gasteiger partial charge in [-0.2, -0.15) is 0 Å². The van der Waals surface area contributed by atoms with Crippen LogP contribution in [0.4, 0.5) is 0 Å². The number of fused-ring (bicyclic) bond motifs is 1. The minimum absolute atomic E-state index is 0.0883. The lowest BCUT2D eigenvalue weighted by Gasteiger charge is -2.40. The average Bonchev–Trinajstić information content (AvgIpc) is 3.16. The summed E-state index contributed by atoms with van der Waals surface area (Å²) in [5.41, 5.74) is 5.52. The van der Waals surface area contributed by atoms with Crippen molar-refractivity contribution in [3.8, 4) is 5.75 Å². The third-order valence-electron chi connectivity index (χ3n) is 6.95. The van der Waals surface area contributed by atoms with Crippen molar-refractivity contribution in [2.75, 3.05) is 26.2 Å². The molecule has 2 aliphatic heterocycles. The van der Waals surface area contributed by atoms with E-state index < -0.39 is 0 Å². The van der Waals surface area contributed by atoms with Crippen LogP contribution >= 0.6 is 0 Å². The number of rotatable bonds is 6. The molecule has 3 aromatic rings. The van der Waals surface area contributed by atoms with Gasteiger partial charge in [0.15, 0.2) is 5.78 Å². The van der Waals surface area contributed by atoms with Gasteiger partial charge in [0.2, 0.25) is 0 Å². The first-order valence-corrected chi connectivity index (χ1v) is 12.2. The van der Waals surface area contributed by atoms with Gasteiger partial charge in [-0.05, 0) is 43.5 Å². The summed E-state index contributed by atoms with van der Waals surface area (Å²) in [7, 11) is 0. The van der Waals surface area contributed by atoms with Crippen molar-refractivity contribution in [1.82, 2.24) is 14.8 Å². The Kier molecular flexibility index (Phi) is 6.24. The standard InChI is InChI=1S/C29H33N3O2/c1-21(33)23-9-11-24(12-10-23)27(26-8-4-7-25-18-29(2,3)34-28(25)26)32-16-14-31(15-17-32)20-22-6-5-13-30-19-22/h4-13,19,27H,14-18,20H2,1-3H3. The largest absolute Gasteiger partial charge is 0.487 e. The van der Waals surface area contributed by atoms with Gasteiger partial charge in [-0.3, -0.25) is 19.6 Å². The zero-order valence-corrected chi connectivity index (χ0v) is 20.3. The maximum Gasteiger partial charge on any atom is 0.159 e. The molecule has 1 aromatic heterocycles. The molecule has 176 valence electrons. The van der Waals surface area contributed by atoms with Gasteiger partial charge in [0.25, 0.3) is 0 Å². The number of ketones is 1. The second kappa shape index (κ2) is 9.32. The number of aromatic nitrogens is 1. The molecule has 5 nitrogen and oxygen atoms in total. The van der Waals surface area contributed by atoms with Gasteiger partial charge in [-0.15, -0.1) is 0 Å². The van der Waals surface area contributed by atoms with Crippen LogP contribution in [0.3, 0.4) is 0 Å². The quantitative estimate of drug-likeness (QED) is 0.495. The van der Waals surface area contributed by atoms with Crippen molar-refractivity contribution in [1.29, 1.82) is 0 Å². The summed E-state index contributed by atoms with van der Waals surface area (Å²) in [6.07, 6.45) is 4.70. The molecule has 0 radical (unpaired) electrons. The number of para-hydroxylation sites is 1. The first-order valence-electron chi connectivity index (χ1n) is 12.2. The van der Waals surface area contributed by atoms with E-state index in [0.717, 1.165) is 50.5 Å². The molecule has 34 heavy (non-hydrogen) atoms. The Labute approximate surface area is 202 Å². The highest BCUT2D eigenvalue weighted by molar-refractivity contribution is 5.94. The van der Waals surface area contributed by atoms with E-state index in [2.05, 4.69) is 65.0 Å². The second-order valence-electron chi connectivity index (χ2n) is 10.1. The van der Waals surface area contributed by atoms with Crippen molar-refractivity contribution in [3.63, 3.8) is 0 Å². The number of nitrogens with zero attached hydrogens (tertiary/aromatic N) is 3. The molecular formula is C29H33N3O2. The summed E-state index contributed by atoms with van der Waals surface area (Å²) in [6.45, 7) is 10.8. The molecule has 0 spiro atoms. The molecule has 0 N–H and O–H groups in total. The highest BCUT2D eigenvalue weighted by Crippen LogP contribution is 2.43. The number of Topliss-reactive ketones (excluding diaryl/α,β-unsaturated/α-hetero) is 1. The summed E-state index contributed by atoms with van der Waals surface area (Å²) in [4.78, 5) is 21.2. The van der Waals surface area contributed by atoms with Crippen LogP contribution in [0.5, 0.6) is 5.75 Å². The molecule has 1 unspecified atom stereocenters. The maximum absolute atomic E-state index is 11.9. The molecule has 2 aliphatic rings. The fraction of sp³-hybridized carbons (Fsp3) is 0.379. The molecule has 1 atom stereocenters. The van der Waals surface area contributed by atoms with E-state index in [4.69, 9.17) is 4.74 Å². The number of pyridine rings is 1. The van der Waals surface area contributed by atoms with Crippen LogP contribution in [0.2, 0.25) is 0 Å². The fourth-order valence-electron chi connectivity index (χ4n) is 5.27. The van der Waals surface area contributed by atoms with Crippen LogP contribution in [0, 0.1) is 0 Å². The first-order chi connectivity index (χ1) is 16.4. The molecular weight excluding hydrogens is 422 g/mol. The number of carbonyl (C=O) groups excluding carboxylic acids is 1. The zero-order valence-electron chi connectivity index (χ0n) is 20.3. The number of hydrogen-bond donors (Lipinski definition) is 0. The Hall–Kier alpha value is -3.02. The summed E-state index contributed by atoms with van der Waals surface area (Å²) in [5.74, 6) is 1.13. The lowest BCUT2D eigenvalue weighted by Crippen LogP contribution is -2.47. The third-order valence-corrected chi connectivity index (χ3v) is 6.95. The smallest absolute Gasteiger partial charge is 0.159 e. The van der Waals surface area contributed by atoms with Crippen molar-refractivity contribution in [3.05, 3.63) is 94.8 Å². The third kappa shape index (κ3) is 4.77. The van der Waals surface area contributed by atoms with Crippen LogP contribution < -0.4 is 4.74 Å². The van der Waals surface area contributed by atoms with E-state index in [9.17, 15) is 4.79 Å². The highest BCUT2D eigenvalue weighted by atomic mass is 16.5. The molecule has 0 bridgehead atoms. The predicted molar refractivity (Wildman–Crippen MR) is 134 cm³/mol. The second-order valence-corrected chi connectivity index (χ2v) is 10.1. The van der Waals surface area contributed by atoms with E-state index in [1.807, 2.05) is 30.6 Å². The van der Waals surface area contributed by atoms with Gasteiger partial charge in [0.05, 0.1) is 6.04 Å². The summed E-state index contributed by atoms with van der Waals surface area (Å²) < 4.78 is 6.48. The lowest BCUT2D eigenvalue weighted by molar-refractivity contribution is 0.0991. The van der Waals surface area contributed by atoms with E-state index in [0.29, 0.717) is 0 Å². The van der Waals surface area contributed by atoms with E-state index in [1.165, 1.54) is 22.3 Å². The lowest BCUT2D eigenvalue weighted by atomic mass is 9.92. The van der Waals surface area contributed by atoms with Gasteiger partial charge < -0.3 is 4.74 Å². The molecule has 3 heterocycles. The minimum atomic E-state index is -0.191. The highest BCUT2D eigenvalue weighted by Gasteiger charge is 2.36. The van der Waals surface area contributed by atoms with Crippen LogP contribution in [0.1, 0.15) is 59.4 Å². The maximum atomic E-state index is 11.9. The Morgan fingerprint density at radius 2 is 1.79 bits per heavy atom. The Morgan fingerprint density at radius 1 is 1.03 bits per heavy atom. The van der Waals surface area contributed by atoms with Crippen molar-refractivity contribution in [2.45, 2.75) is 45.4 Å². The molecule has 0 aliphatic carbocycles. The van der Waals surface area contributed by atoms with Crippen molar-refractivity contribution < 1.29 is 9.53 Å². The fourth-order valence-corrected chi connectivity index (χ4v) is 5.27. The van der Waals surface area contributed by atoms with Gasteiger partial charge in [-0.1, -0.05) is 48.5 Å². The Bertz CT molecular complexity index is 1150. The zero-order chi connectivity index (χ0) is 23.7. The Balaban J connectivity index is 1.43. The molecule has 5 rings (SSSR count). The summed E-state index contributed by atoms with van der Waals surface area (Å²) in [6, 6.07) is 18.9. The number of hydrogen-bond acceptors (Lipinski definition) is 5. The molecule has 0 saturated carbocycles. The van der Waals surface area contributed by atoms with Gasteiger partial charge in [0, 0.05) is 62.7 Å². The monoisotopic (exact) mass is 455 g/mol. The van der Waals surface area contributed by atoms with E-state index >= 15 is 0 Å². The molecule has 1 saturated heterocycles. The normalized spacial score (nSPS) is 18.8. The number of piperazine rings is 1.